The van der Waals surface area contributed by atoms with Gasteiger partial charge in [0.2, 0.25) is 11.8 Å². The van der Waals surface area contributed by atoms with E-state index in [2.05, 4.69) is 10.6 Å². The quantitative estimate of drug-likeness (QED) is 0.898. The van der Waals surface area contributed by atoms with Gasteiger partial charge in [0, 0.05) is 11.9 Å². The van der Waals surface area contributed by atoms with E-state index in [1.165, 1.54) is 6.92 Å². The number of carbonyl (C=O) groups excluding carboxylic acids is 2. The van der Waals surface area contributed by atoms with Crippen LogP contribution < -0.4 is 10.6 Å². The van der Waals surface area contributed by atoms with Crippen molar-refractivity contribution in [3.8, 4) is 0 Å². The van der Waals surface area contributed by atoms with Crippen LogP contribution in [-0.4, -0.2) is 17.9 Å². The predicted molar refractivity (Wildman–Crippen MR) is 77.5 cm³/mol. The van der Waals surface area contributed by atoms with Crippen LogP contribution in [0.1, 0.15) is 20.8 Å². The summed E-state index contributed by atoms with van der Waals surface area (Å²) in [5.74, 6) is -0.597. The van der Waals surface area contributed by atoms with E-state index in [-0.39, 0.29) is 17.7 Å². The highest BCUT2D eigenvalue weighted by Crippen LogP contribution is 2.25. The molecule has 1 rings (SSSR count). The summed E-state index contributed by atoms with van der Waals surface area (Å²) in [7, 11) is 0. The number of benzene rings is 1. The SMILES string of the molecule is CC(=O)NC(C(=O)Nc1ccc(Cl)cc1Cl)C(C)C. The van der Waals surface area contributed by atoms with Gasteiger partial charge in [-0.15, -0.1) is 0 Å². The Morgan fingerprint density at radius 2 is 1.84 bits per heavy atom. The number of amides is 2. The number of carbonyl (C=O) groups is 2. The molecule has 0 bridgehead atoms. The molecule has 0 saturated carbocycles. The lowest BCUT2D eigenvalue weighted by Crippen LogP contribution is -2.46. The maximum absolute atomic E-state index is 12.1. The number of nitrogens with one attached hydrogen (secondary N) is 2. The van der Waals surface area contributed by atoms with Crippen molar-refractivity contribution >= 4 is 40.7 Å². The summed E-state index contributed by atoms with van der Waals surface area (Å²) in [5.41, 5.74) is 0.465. The molecular formula is C13H16Cl2N2O2. The van der Waals surface area contributed by atoms with Crippen LogP contribution in [0.15, 0.2) is 18.2 Å². The van der Waals surface area contributed by atoms with E-state index in [1.54, 1.807) is 18.2 Å². The Labute approximate surface area is 122 Å². The second-order valence-corrected chi connectivity index (χ2v) is 5.38. The molecule has 1 atom stereocenters. The van der Waals surface area contributed by atoms with Crippen molar-refractivity contribution in [3.63, 3.8) is 0 Å². The Hall–Kier alpha value is -1.26. The van der Waals surface area contributed by atoms with Crippen molar-refractivity contribution in [2.24, 2.45) is 5.92 Å². The summed E-state index contributed by atoms with van der Waals surface area (Å²) in [4.78, 5) is 23.2. The summed E-state index contributed by atoms with van der Waals surface area (Å²) in [6, 6.07) is 4.19. The molecule has 2 N–H and O–H groups in total. The van der Waals surface area contributed by atoms with Gasteiger partial charge in [-0.05, 0) is 24.1 Å². The van der Waals surface area contributed by atoms with E-state index in [1.807, 2.05) is 13.8 Å². The largest absolute Gasteiger partial charge is 0.344 e. The van der Waals surface area contributed by atoms with Crippen LogP contribution in [0.4, 0.5) is 5.69 Å². The van der Waals surface area contributed by atoms with Crippen LogP contribution >= 0.6 is 23.2 Å². The topological polar surface area (TPSA) is 58.2 Å². The Balaban J connectivity index is 2.84. The highest BCUT2D eigenvalue weighted by molar-refractivity contribution is 6.36. The molecular weight excluding hydrogens is 287 g/mol. The van der Waals surface area contributed by atoms with Gasteiger partial charge in [0.25, 0.3) is 0 Å². The third-order valence-electron chi connectivity index (χ3n) is 2.50. The minimum atomic E-state index is -0.607. The number of rotatable bonds is 4. The van der Waals surface area contributed by atoms with Gasteiger partial charge in [-0.3, -0.25) is 9.59 Å². The van der Waals surface area contributed by atoms with Gasteiger partial charge in [-0.2, -0.15) is 0 Å². The van der Waals surface area contributed by atoms with Crippen LogP contribution in [0.3, 0.4) is 0 Å². The van der Waals surface area contributed by atoms with Gasteiger partial charge < -0.3 is 10.6 Å². The van der Waals surface area contributed by atoms with Crippen LogP contribution in [0.25, 0.3) is 0 Å². The zero-order chi connectivity index (χ0) is 14.6. The number of hydrogen-bond donors (Lipinski definition) is 2. The predicted octanol–water partition coefficient (Wildman–Crippen LogP) is 3.09. The van der Waals surface area contributed by atoms with Gasteiger partial charge in [-0.25, -0.2) is 0 Å². The van der Waals surface area contributed by atoms with Crippen molar-refractivity contribution in [2.45, 2.75) is 26.8 Å². The Bertz CT molecular complexity index is 490. The third kappa shape index (κ3) is 4.73. The molecule has 0 heterocycles. The molecule has 0 radical (unpaired) electrons. The number of halogens is 2. The molecule has 19 heavy (non-hydrogen) atoms. The van der Waals surface area contributed by atoms with E-state index in [0.717, 1.165) is 0 Å². The molecule has 0 aliphatic carbocycles. The molecule has 2 amide bonds. The number of anilines is 1. The van der Waals surface area contributed by atoms with Gasteiger partial charge in [0.05, 0.1) is 10.7 Å². The molecule has 1 unspecified atom stereocenters. The van der Waals surface area contributed by atoms with Crippen LogP contribution in [-0.2, 0) is 9.59 Å². The molecule has 0 fully saturated rings. The average molecular weight is 303 g/mol. The second kappa shape index (κ2) is 6.78. The Morgan fingerprint density at radius 1 is 1.21 bits per heavy atom. The minimum absolute atomic E-state index is 0.0324. The molecule has 104 valence electrons. The van der Waals surface area contributed by atoms with E-state index >= 15 is 0 Å². The second-order valence-electron chi connectivity index (χ2n) is 4.54. The van der Waals surface area contributed by atoms with Gasteiger partial charge >= 0.3 is 0 Å². The summed E-state index contributed by atoms with van der Waals surface area (Å²) in [6.45, 7) is 5.07. The lowest BCUT2D eigenvalue weighted by molar-refractivity contribution is -0.126. The van der Waals surface area contributed by atoms with Crippen molar-refractivity contribution in [1.82, 2.24) is 5.32 Å². The summed E-state index contributed by atoms with van der Waals surface area (Å²) in [5, 5.41) is 6.13. The zero-order valence-corrected chi connectivity index (χ0v) is 12.5. The molecule has 0 aliphatic heterocycles. The molecule has 0 aromatic heterocycles. The molecule has 6 heteroatoms. The van der Waals surface area contributed by atoms with E-state index in [0.29, 0.717) is 15.7 Å². The third-order valence-corrected chi connectivity index (χ3v) is 3.04. The highest BCUT2D eigenvalue weighted by Gasteiger charge is 2.23. The van der Waals surface area contributed by atoms with Crippen LogP contribution in [0.2, 0.25) is 10.0 Å². The van der Waals surface area contributed by atoms with Gasteiger partial charge in [0.15, 0.2) is 0 Å². The van der Waals surface area contributed by atoms with Crippen molar-refractivity contribution in [2.75, 3.05) is 5.32 Å². The standard InChI is InChI=1S/C13H16Cl2N2O2/c1-7(2)12(16-8(3)18)13(19)17-11-5-4-9(14)6-10(11)15/h4-7,12H,1-3H3,(H,16,18)(H,17,19). The van der Waals surface area contributed by atoms with Crippen molar-refractivity contribution in [1.29, 1.82) is 0 Å². The minimum Gasteiger partial charge on any atom is -0.344 e. The highest BCUT2D eigenvalue weighted by atomic mass is 35.5. The van der Waals surface area contributed by atoms with E-state index < -0.39 is 6.04 Å². The lowest BCUT2D eigenvalue weighted by Gasteiger charge is -2.21. The van der Waals surface area contributed by atoms with Crippen molar-refractivity contribution in [3.05, 3.63) is 28.2 Å². The fourth-order valence-electron chi connectivity index (χ4n) is 1.56. The zero-order valence-electron chi connectivity index (χ0n) is 11.0. The first kappa shape index (κ1) is 15.8. The smallest absolute Gasteiger partial charge is 0.247 e. The van der Waals surface area contributed by atoms with Crippen LogP contribution in [0.5, 0.6) is 0 Å². The Morgan fingerprint density at radius 3 is 2.32 bits per heavy atom. The summed E-state index contributed by atoms with van der Waals surface area (Å²) in [6.07, 6.45) is 0. The fourth-order valence-corrected chi connectivity index (χ4v) is 2.01. The number of hydrogen-bond acceptors (Lipinski definition) is 2. The van der Waals surface area contributed by atoms with Gasteiger partial charge in [-0.1, -0.05) is 37.0 Å². The van der Waals surface area contributed by atoms with E-state index in [9.17, 15) is 9.59 Å². The molecule has 1 aromatic rings. The maximum Gasteiger partial charge on any atom is 0.247 e. The van der Waals surface area contributed by atoms with Crippen LogP contribution in [0, 0.1) is 5.92 Å². The van der Waals surface area contributed by atoms with Gasteiger partial charge in [0.1, 0.15) is 6.04 Å². The fraction of sp³-hybridized carbons (Fsp3) is 0.385. The summed E-state index contributed by atoms with van der Waals surface area (Å²) >= 11 is 11.8. The normalized spacial score (nSPS) is 12.1. The molecule has 4 nitrogen and oxygen atoms in total. The first-order valence-electron chi connectivity index (χ1n) is 5.84. The first-order chi connectivity index (χ1) is 8.81. The molecule has 0 spiro atoms. The molecule has 1 aromatic carbocycles. The molecule has 0 aliphatic rings. The first-order valence-corrected chi connectivity index (χ1v) is 6.60. The lowest BCUT2D eigenvalue weighted by atomic mass is 10.0. The summed E-state index contributed by atoms with van der Waals surface area (Å²) < 4.78 is 0. The maximum atomic E-state index is 12.1. The Kier molecular flexibility index (Phi) is 5.63. The molecule has 0 saturated heterocycles. The average Bonchev–Trinajstić information content (AvgIpc) is 2.29. The van der Waals surface area contributed by atoms with Crippen molar-refractivity contribution < 1.29 is 9.59 Å². The van der Waals surface area contributed by atoms with E-state index in [4.69, 9.17) is 23.2 Å². The monoisotopic (exact) mass is 302 g/mol.